The molecule has 1 heterocycles. The number of aromatic amines is 1. The lowest BCUT2D eigenvalue weighted by Crippen LogP contribution is -2.36. The highest BCUT2D eigenvalue weighted by Crippen LogP contribution is 2.44. The van der Waals surface area contributed by atoms with Gasteiger partial charge in [-0.1, -0.05) is 72.8 Å². The van der Waals surface area contributed by atoms with E-state index in [9.17, 15) is 15.0 Å². The van der Waals surface area contributed by atoms with E-state index in [4.69, 9.17) is 4.74 Å². The fourth-order valence-electron chi connectivity index (χ4n) is 4.28. The van der Waals surface area contributed by atoms with E-state index in [1.165, 1.54) is 0 Å². The number of hydrogen-bond acceptors (Lipinski definition) is 7. The Bertz CT molecular complexity index is 1230. The lowest BCUT2D eigenvalue weighted by Gasteiger charge is -2.19. The van der Waals surface area contributed by atoms with E-state index < -0.39 is 18.3 Å². The van der Waals surface area contributed by atoms with Crippen molar-refractivity contribution in [3.8, 4) is 22.5 Å². The van der Waals surface area contributed by atoms with Crippen molar-refractivity contribution in [2.45, 2.75) is 18.1 Å². The first-order valence-corrected chi connectivity index (χ1v) is 10.9. The Balaban J connectivity index is 1.15. The molecule has 0 aliphatic heterocycles. The molecule has 0 saturated carbocycles. The maximum atomic E-state index is 12.3. The van der Waals surface area contributed by atoms with Crippen LogP contribution in [0.5, 0.6) is 0 Å². The zero-order valence-corrected chi connectivity index (χ0v) is 18.1. The Morgan fingerprint density at radius 3 is 2.24 bits per heavy atom. The predicted octanol–water partition coefficient (Wildman–Crippen LogP) is 2.80. The van der Waals surface area contributed by atoms with Gasteiger partial charge in [-0.25, -0.2) is 4.79 Å². The van der Waals surface area contributed by atoms with Gasteiger partial charge in [-0.3, -0.25) is 0 Å². The molecule has 1 aromatic heterocycles. The molecule has 4 N–H and O–H groups in total. The van der Waals surface area contributed by atoms with Crippen LogP contribution in [0.1, 0.15) is 28.7 Å². The normalized spacial score (nSPS) is 14.2. The number of hydrogen-bond donors (Lipinski definition) is 4. The first kappa shape index (κ1) is 21.7. The van der Waals surface area contributed by atoms with Gasteiger partial charge in [-0.15, -0.1) is 10.2 Å². The van der Waals surface area contributed by atoms with E-state index in [0.717, 1.165) is 27.8 Å². The van der Waals surface area contributed by atoms with Crippen molar-refractivity contribution in [1.29, 1.82) is 0 Å². The molecule has 2 atom stereocenters. The number of amides is 1. The quantitative estimate of drug-likeness (QED) is 0.335. The molecule has 172 valence electrons. The van der Waals surface area contributed by atoms with Crippen LogP contribution in [-0.2, 0) is 4.74 Å². The molecule has 0 saturated heterocycles. The molecule has 4 aromatic rings. The third-order valence-electron chi connectivity index (χ3n) is 6.02. The summed E-state index contributed by atoms with van der Waals surface area (Å²) in [5.41, 5.74) is 5.75. The lowest BCUT2D eigenvalue weighted by molar-refractivity contribution is 0.0185. The fourth-order valence-corrected chi connectivity index (χ4v) is 4.28. The van der Waals surface area contributed by atoms with Crippen molar-refractivity contribution in [3.05, 3.63) is 89.5 Å². The van der Waals surface area contributed by atoms with Crippen LogP contribution < -0.4 is 5.32 Å². The summed E-state index contributed by atoms with van der Waals surface area (Å²) in [5, 5.41) is 37.0. The number of alkyl carbamates (subject to hydrolysis) is 1. The second-order valence-corrected chi connectivity index (χ2v) is 8.08. The number of aliphatic hydroxyl groups is 2. The number of carbonyl (C=O) groups excluding carboxylic acids is 1. The number of nitrogens with zero attached hydrogens (tertiary/aromatic N) is 3. The summed E-state index contributed by atoms with van der Waals surface area (Å²) in [4.78, 5) is 12.3. The van der Waals surface area contributed by atoms with Crippen LogP contribution in [0.2, 0.25) is 0 Å². The van der Waals surface area contributed by atoms with Gasteiger partial charge in [0.1, 0.15) is 18.8 Å². The summed E-state index contributed by atoms with van der Waals surface area (Å²) in [6.07, 6.45) is -3.05. The number of ether oxygens (including phenoxy) is 1. The number of fused-ring (bicyclic) bond motifs is 3. The number of tetrazole rings is 1. The minimum Gasteiger partial charge on any atom is -0.449 e. The summed E-state index contributed by atoms with van der Waals surface area (Å²) in [6, 6.07) is 22.9. The minimum absolute atomic E-state index is 0.0496. The molecule has 3 aromatic carbocycles. The van der Waals surface area contributed by atoms with Gasteiger partial charge in [0.15, 0.2) is 0 Å². The number of aliphatic hydroxyl groups excluding tert-OH is 2. The van der Waals surface area contributed by atoms with Crippen LogP contribution in [0, 0.1) is 0 Å². The van der Waals surface area contributed by atoms with Crippen LogP contribution in [0.15, 0.2) is 72.8 Å². The molecule has 2 unspecified atom stereocenters. The predicted molar refractivity (Wildman–Crippen MR) is 124 cm³/mol. The van der Waals surface area contributed by atoms with E-state index in [-0.39, 0.29) is 19.1 Å². The van der Waals surface area contributed by atoms with E-state index in [1.54, 1.807) is 24.3 Å². The third-order valence-corrected chi connectivity index (χ3v) is 6.02. The molecule has 1 amide bonds. The van der Waals surface area contributed by atoms with E-state index in [1.807, 2.05) is 36.4 Å². The van der Waals surface area contributed by atoms with Crippen LogP contribution >= 0.6 is 0 Å². The van der Waals surface area contributed by atoms with E-state index in [0.29, 0.717) is 11.4 Å². The van der Waals surface area contributed by atoms with Gasteiger partial charge < -0.3 is 20.3 Å². The molecule has 34 heavy (non-hydrogen) atoms. The zero-order valence-electron chi connectivity index (χ0n) is 18.1. The molecule has 1 aliphatic carbocycles. The number of rotatable bonds is 7. The highest BCUT2D eigenvalue weighted by atomic mass is 16.5. The van der Waals surface area contributed by atoms with Gasteiger partial charge in [0.25, 0.3) is 0 Å². The Morgan fingerprint density at radius 2 is 1.62 bits per heavy atom. The lowest BCUT2D eigenvalue weighted by atomic mass is 9.98. The molecule has 0 spiro atoms. The summed E-state index contributed by atoms with van der Waals surface area (Å²) in [7, 11) is 0. The first-order chi connectivity index (χ1) is 16.6. The van der Waals surface area contributed by atoms with Crippen molar-refractivity contribution >= 4 is 6.09 Å². The Labute approximate surface area is 195 Å². The number of nitrogens with one attached hydrogen (secondary N) is 2. The van der Waals surface area contributed by atoms with E-state index in [2.05, 4.69) is 38.1 Å². The highest BCUT2D eigenvalue weighted by Gasteiger charge is 2.29. The average Bonchev–Trinajstić information content (AvgIpc) is 3.53. The van der Waals surface area contributed by atoms with Crippen molar-refractivity contribution in [3.63, 3.8) is 0 Å². The molecule has 1 aliphatic rings. The van der Waals surface area contributed by atoms with Crippen molar-refractivity contribution in [2.75, 3.05) is 13.2 Å². The summed E-state index contributed by atoms with van der Waals surface area (Å²) < 4.78 is 5.47. The van der Waals surface area contributed by atoms with Crippen LogP contribution in [-0.4, -0.2) is 56.2 Å². The molecule has 0 fully saturated rings. The van der Waals surface area contributed by atoms with E-state index >= 15 is 0 Å². The van der Waals surface area contributed by atoms with Gasteiger partial charge in [0.2, 0.25) is 5.82 Å². The number of carbonyl (C=O) groups is 1. The Morgan fingerprint density at radius 1 is 0.971 bits per heavy atom. The number of H-pyrrole nitrogens is 1. The molecule has 0 bridgehead atoms. The molecule has 0 radical (unpaired) electrons. The van der Waals surface area contributed by atoms with Gasteiger partial charge in [-0.2, -0.15) is 5.21 Å². The SMILES string of the molecule is O=C(NCC(O)C(O)c1ccc(-c2nn[nH]n2)cc1)OCC1c2ccccc2-c2ccccc21. The van der Waals surface area contributed by atoms with Gasteiger partial charge in [0.05, 0.1) is 0 Å². The van der Waals surface area contributed by atoms with Crippen molar-refractivity contribution in [1.82, 2.24) is 25.9 Å². The van der Waals surface area contributed by atoms with Crippen LogP contribution in [0.4, 0.5) is 4.79 Å². The molecule has 9 heteroatoms. The average molecular weight is 457 g/mol. The number of aromatic nitrogens is 4. The van der Waals surface area contributed by atoms with Gasteiger partial charge >= 0.3 is 6.09 Å². The molecule has 9 nitrogen and oxygen atoms in total. The summed E-state index contributed by atoms with van der Waals surface area (Å²) in [5.74, 6) is 0.380. The topological polar surface area (TPSA) is 133 Å². The fraction of sp³-hybridized carbons (Fsp3) is 0.200. The minimum atomic E-state index is -1.21. The third kappa shape index (κ3) is 4.26. The number of benzene rings is 3. The summed E-state index contributed by atoms with van der Waals surface area (Å²) in [6.45, 7) is 0.0144. The highest BCUT2D eigenvalue weighted by molar-refractivity contribution is 5.79. The second kappa shape index (κ2) is 9.42. The van der Waals surface area contributed by atoms with Crippen molar-refractivity contribution < 1.29 is 19.7 Å². The molecule has 5 rings (SSSR count). The van der Waals surface area contributed by atoms with Crippen molar-refractivity contribution in [2.24, 2.45) is 0 Å². The monoisotopic (exact) mass is 457 g/mol. The maximum Gasteiger partial charge on any atom is 0.407 e. The van der Waals surface area contributed by atoms with Gasteiger partial charge in [-0.05, 0) is 33.0 Å². The first-order valence-electron chi connectivity index (χ1n) is 10.9. The molecular weight excluding hydrogens is 434 g/mol. The summed E-state index contributed by atoms with van der Waals surface area (Å²) >= 11 is 0. The smallest absolute Gasteiger partial charge is 0.407 e. The van der Waals surface area contributed by atoms with Crippen LogP contribution in [0.3, 0.4) is 0 Å². The van der Waals surface area contributed by atoms with Crippen LogP contribution in [0.25, 0.3) is 22.5 Å². The molecular formula is C25H23N5O4. The zero-order chi connectivity index (χ0) is 23.5. The Kier molecular flexibility index (Phi) is 6.03. The maximum absolute atomic E-state index is 12.3. The largest absolute Gasteiger partial charge is 0.449 e. The van der Waals surface area contributed by atoms with Gasteiger partial charge in [0, 0.05) is 18.0 Å². The second-order valence-electron chi connectivity index (χ2n) is 8.08. The Hall–Kier alpha value is -4.08. The standard InChI is InChI=1S/C25H23N5O4/c31-22(23(32)15-9-11-16(12-10-15)24-27-29-30-28-24)13-26-25(33)34-14-21-19-7-3-1-5-17(19)18-6-2-4-8-20(18)21/h1-12,21-23,31-32H,13-14H2,(H,26,33)(H,27,28,29,30).